The fraction of sp³-hybridized carbons (Fsp3) is 0.440. The fourth-order valence-electron chi connectivity index (χ4n) is 5.11. The number of carbonyl (C=O) groups excluding carboxylic acids is 2. The van der Waals surface area contributed by atoms with Gasteiger partial charge in [0, 0.05) is 10.9 Å². The van der Waals surface area contributed by atoms with Gasteiger partial charge in [-0.3, -0.25) is 4.79 Å². The largest absolute Gasteiger partial charge is 0.446 e. The van der Waals surface area contributed by atoms with E-state index in [4.69, 9.17) is 26.8 Å². The van der Waals surface area contributed by atoms with Crippen molar-refractivity contribution in [1.29, 1.82) is 0 Å². The van der Waals surface area contributed by atoms with Crippen molar-refractivity contribution in [2.24, 2.45) is 11.7 Å². The van der Waals surface area contributed by atoms with Crippen LogP contribution in [0.1, 0.15) is 49.8 Å². The average molecular weight is 457 g/mol. The van der Waals surface area contributed by atoms with Gasteiger partial charge in [0.15, 0.2) is 0 Å². The van der Waals surface area contributed by atoms with Crippen LogP contribution in [0.25, 0.3) is 0 Å². The summed E-state index contributed by atoms with van der Waals surface area (Å²) < 4.78 is 11.2. The van der Waals surface area contributed by atoms with Gasteiger partial charge in [-0.25, -0.2) is 9.69 Å². The number of ether oxygens (including phenoxy) is 2. The molecule has 2 aromatic carbocycles. The van der Waals surface area contributed by atoms with E-state index in [0.717, 1.165) is 24.0 Å². The Balaban J connectivity index is 1.66. The van der Waals surface area contributed by atoms with Crippen LogP contribution >= 0.6 is 11.6 Å². The van der Waals surface area contributed by atoms with E-state index in [-0.39, 0.29) is 30.7 Å². The third-order valence-corrected chi connectivity index (χ3v) is 6.72. The molecule has 6 nitrogen and oxygen atoms in total. The van der Waals surface area contributed by atoms with Crippen molar-refractivity contribution >= 4 is 23.6 Å². The van der Waals surface area contributed by atoms with E-state index >= 15 is 0 Å². The van der Waals surface area contributed by atoms with E-state index in [2.05, 4.69) is 0 Å². The Kier molecular flexibility index (Phi) is 6.84. The molecule has 0 aliphatic carbocycles. The van der Waals surface area contributed by atoms with Gasteiger partial charge < -0.3 is 15.2 Å². The first-order valence-electron chi connectivity index (χ1n) is 11.1. The van der Waals surface area contributed by atoms with Crippen molar-refractivity contribution in [2.75, 3.05) is 6.61 Å². The normalized spacial score (nSPS) is 27.6. The highest BCUT2D eigenvalue weighted by Crippen LogP contribution is 2.40. The van der Waals surface area contributed by atoms with Crippen molar-refractivity contribution in [1.82, 2.24) is 4.90 Å². The predicted octanol–water partition coefficient (Wildman–Crippen LogP) is 4.67. The predicted molar refractivity (Wildman–Crippen MR) is 122 cm³/mol. The number of cyclic esters (lactones) is 1. The molecule has 2 aliphatic rings. The first kappa shape index (κ1) is 22.8. The number of nitrogens with two attached hydrogens (primary N) is 1. The summed E-state index contributed by atoms with van der Waals surface area (Å²) in [7, 11) is 0. The van der Waals surface area contributed by atoms with Crippen LogP contribution in [0.3, 0.4) is 0 Å². The van der Waals surface area contributed by atoms with E-state index in [1.165, 1.54) is 4.90 Å². The van der Waals surface area contributed by atoms with Gasteiger partial charge in [0.1, 0.15) is 12.6 Å². The molecule has 2 N–H and O–H groups in total. The molecule has 2 amide bonds. The second kappa shape index (κ2) is 9.61. The number of rotatable bonds is 5. The van der Waals surface area contributed by atoms with Crippen LogP contribution in [0.15, 0.2) is 54.6 Å². The molecule has 32 heavy (non-hydrogen) atoms. The summed E-state index contributed by atoms with van der Waals surface area (Å²) in [6, 6.07) is 15.5. The zero-order valence-corrected chi connectivity index (χ0v) is 19.1. The quantitative estimate of drug-likeness (QED) is 0.706. The molecule has 2 saturated heterocycles. The number of hydrogen-bond donors (Lipinski definition) is 1. The Hall–Kier alpha value is -2.41. The lowest BCUT2D eigenvalue weighted by Crippen LogP contribution is -2.50. The fourth-order valence-corrected chi connectivity index (χ4v) is 5.23. The van der Waals surface area contributed by atoms with E-state index in [1.807, 2.05) is 68.4 Å². The van der Waals surface area contributed by atoms with E-state index in [0.29, 0.717) is 5.02 Å². The van der Waals surface area contributed by atoms with Gasteiger partial charge in [-0.1, -0.05) is 54.1 Å². The minimum atomic E-state index is -0.907. The van der Waals surface area contributed by atoms with Crippen molar-refractivity contribution in [3.63, 3.8) is 0 Å². The molecule has 0 spiro atoms. The Morgan fingerprint density at radius 1 is 1.06 bits per heavy atom. The highest BCUT2D eigenvalue weighted by molar-refractivity contribution is 6.30. The van der Waals surface area contributed by atoms with Crippen LogP contribution in [0.2, 0.25) is 5.02 Å². The number of hydrogen-bond acceptors (Lipinski definition) is 5. The smallest absolute Gasteiger partial charge is 0.417 e. The van der Waals surface area contributed by atoms with Gasteiger partial charge in [0.25, 0.3) is 0 Å². The van der Waals surface area contributed by atoms with Crippen LogP contribution < -0.4 is 5.73 Å². The topological polar surface area (TPSA) is 81.9 Å². The third-order valence-electron chi connectivity index (χ3n) is 6.46. The second-order valence-electron chi connectivity index (χ2n) is 8.80. The Labute approximate surface area is 193 Å². The molecule has 6 atom stereocenters. The van der Waals surface area contributed by atoms with Crippen LogP contribution in [0, 0.1) is 5.92 Å². The molecule has 2 aliphatic heterocycles. The summed E-state index contributed by atoms with van der Waals surface area (Å²) in [5.41, 5.74) is 8.44. The standard InChI is InChI=1S/C25H29ClN2O4/c1-15-12-19(13-16(2)32-15)22(18-8-10-20(26)11-9-18)23(27)24(29)28-21(14-31-25(28)30)17-6-4-3-5-7-17/h3-11,15-16,19,21-23H,12-14,27H2,1-2H3/t15-,16+,19+,21-,22+,23+/m1/s1. The highest BCUT2D eigenvalue weighted by Gasteiger charge is 2.45. The van der Waals surface area contributed by atoms with Crippen LogP contribution in [-0.2, 0) is 14.3 Å². The molecular formula is C25H29ClN2O4. The van der Waals surface area contributed by atoms with Crippen molar-refractivity contribution in [2.45, 2.75) is 56.9 Å². The van der Waals surface area contributed by atoms with E-state index in [9.17, 15) is 9.59 Å². The van der Waals surface area contributed by atoms with Crippen molar-refractivity contribution in [3.05, 3.63) is 70.7 Å². The van der Waals surface area contributed by atoms with Crippen molar-refractivity contribution in [3.8, 4) is 0 Å². The maximum atomic E-state index is 13.7. The van der Waals surface area contributed by atoms with Gasteiger partial charge in [-0.2, -0.15) is 0 Å². The van der Waals surface area contributed by atoms with E-state index in [1.54, 1.807) is 0 Å². The summed E-state index contributed by atoms with van der Waals surface area (Å²) in [4.78, 5) is 27.4. The number of amides is 2. The van der Waals surface area contributed by atoms with Crippen LogP contribution in [0.4, 0.5) is 4.79 Å². The van der Waals surface area contributed by atoms with Gasteiger partial charge in [0.2, 0.25) is 5.91 Å². The Morgan fingerprint density at radius 3 is 2.31 bits per heavy atom. The molecule has 2 fully saturated rings. The lowest BCUT2D eigenvalue weighted by atomic mass is 9.74. The molecule has 7 heteroatoms. The molecule has 0 radical (unpaired) electrons. The maximum Gasteiger partial charge on any atom is 0.417 e. The summed E-state index contributed by atoms with van der Waals surface area (Å²) in [6.07, 6.45) is 1.04. The maximum absolute atomic E-state index is 13.7. The number of benzene rings is 2. The third kappa shape index (κ3) is 4.68. The zero-order valence-electron chi connectivity index (χ0n) is 18.3. The monoisotopic (exact) mass is 456 g/mol. The number of halogens is 1. The summed E-state index contributed by atoms with van der Waals surface area (Å²) in [5.74, 6) is -0.575. The summed E-state index contributed by atoms with van der Waals surface area (Å²) in [5, 5.41) is 0.619. The first-order chi connectivity index (χ1) is 15.3. The molecule has 0 saturated carbocycles. The van der Waals surface area contributed by atoms with Gasteiger partial charge in [-0.05, 0) is 55.9 Å². The van der Waals surface area contributed by atoms with Gasteiger partial charge in [0.05, 0.1) is 18.2 Å². The Bertz CT molecular complexity index is 942. The number of imide groups is 1. The minimum Gasteiger partial charge on any atom is -0.446 e. The summed E-state index contributed by atoms with van der Waals surface area (Å²) >= 11 is 6.11. The van der Waals surface area contributed by atoms with Gasteiger partial charge in [-0.15, -0.1) is 0 Å². The molecule has 170 valence electrons. The molecule has 2 aromatic rings. The molecule has 0 unspecified atom stereocenters. The lowest BCUT2D eigenvalue weighted by molar-refractivity contribution is -0.132. The van der Waals surface area contributed by atoms with Crippen LogP contribution in [0.5, 0.6) is 0 Å². The minimum absolute atomic E-state index is 0.0645. The van der Waals surface area contributed by atoms with E-state index < -0.39 is 24.1 Å². The molecule has 4 rings (SSSR count). The number of nitrogens with zero attached hydrogens (tertiary/aromatic N) is 1. The second-order valence-corrected chi connectivity index (χ2v) is 9.24. The summed E-state index contributed by atoms with van der Waals surface area (Å²) in [6.45, 7) is 4.20. The highest BCUT2D eigenvalue weighted by atomic mass is 35.5. The van der Waals surface area contributed by atoms with Crippen molar-refractivity contribution < 1.29 is 19.1 Å². The first-order valence-corrected chi connectivity index (χ1v) is 11.4. The number of carbonyl (C=O) groups is 2. The average Bonchev–Trinajstić information content (AvgIpc) is 3.16. The molecule has 2 heterocycles. The molecule has 0 bridgehead atoms. The molecule has 0 aromatic heterocycles. The Morgan fingerprint density at radius 2 is 1.69 bits per heavy atom. The SMILES string of the molecule is C[C@@H]1C[C@H]([C@H](c2ccc(Cl)cc2)[C@H](N)C(=O)N2C(=O)OC[C@@H]2c2ccccc2)C[C@H](C)O1. The lowest BCUT2D eigenvalue weighted by Gasteiger charge is -2.39. The molecular weight excluding hydrogens is 428 g/mol. The zero-order chi connectivity index (χ0) is 22.8. The van der Waals surface area contributed by atoms with Gasteiger partial charge >= 0.3 is 6.09 Å². The van der Waals surface area contributed by atoms with Crippen LogP contribution in [-0.4, -0.2) is 41.8 Å².